The molecule has 0 aliphatic rings. The minimum Gasteiger partial charge on any atom is -0.506 e. The van der Waals surface area contributed by atoms with E-state index in [9.17, 15) is 9.90 Å². The van der Waals surface area contributed by atoms with E-state index in [1.54, 1.807) is 18.2 Å². The lowest BCUT2D eigenvalue weighted by molar-refractivity contribution is 0.0696. The van der Waals surface area contributed by atoms with Crippen LogP contribution in [0, 0.1) is 0 Å². The number of carboxylic acid groups (broad SMARTS) is 1. The van der Waals surface area contributed by atoms with Crippen molar-refractivity contribution in [2.24, 2.45) is 4.99 Å². The number of halogens is 2. The predicted molar refractivity (Wildman–Crippen MR) is 78.8 cm³/mol. The fourth-order valence-corrected chi connectivity index (χ4v) is 2.10. The first-order valence-corrected chi connectivity index (χ1v) is 6.28. The maximum atomic E-state index is 10.7. The number of carbonyl (C=O) groups is 1. The molecule has 0 bridgehead atoms. The molecule has 2 N–H and O–H groups in total. The highest BCUT2D eigenvalue weighted by Crippen LogP contribution is 2.27. The first-order valence-electron chi connectivity index (χ1n) is 5.52. The van der Waals surface area contributed by atoms with Crippen molar-refractivity contribution in [1.29, 1.82) is 0 Å². The summed E-state index contributed by atoms with van der Waals surface area (Å²) >= 11 is 11.7. The van der Waals surface area contributed by atoms with E-state index in [0.717, 1.165) is 6.07 Å². The molecular weight excluding hydrogens is 301 g/mol. The molecule has 4 nitrogen and oxygen atoms in total. The van der Waals surface area contributed by atoms with Gasteiger partial charge in [-0.1, -0.05) is 23.2 Å². The van der Waals surface area contributed by atoms with Crippen molar-refractivity contribution >= 4 is 41.1 Å². The van der Waals surface area contributed by atoms with Crippen molar-refractivity contribution in [2.75, 3.05) is 0 Å². The molecule has 0 saturated carbocycles. The van der Waals surface area contributed by atoms with Gasteiger partial charge in [-0.25, -0.2) is 4.79 Å². The number of rotatable bonds is 3. The molecule has 0 atom stereocenters. The first kappa shape index (κ1) is 14.4. The monoisotopic (exact) mass is 309 g/mol. The van der Waals surface area contributed by atoms with E-state index in [2.05, 4.69) is 4.99 Å². The summed E-state index contributed by atoms with van der Waals surface area (Å²) in [6.45, 7) is 0. The van der Waals surface area contributed by atoms with Crippen LogP contribution in [0.4, 0.5) is 5.69 Å². The van der Waals surface area contributed by atoms with Gasteiger partial charge in [0.05, 0.1) is 5.56 Å². The van der Waals surface area contributed by atoms with Crippen molar-refractivity contribution < 1.29 is 15.0 Å². The van der Waals surface area contributed by atoms with Gasteiger partial charge in [-0.2, -0.15) is 0 Å². The molecule has 0 aliphatic heterocycles. The van der Waals surface area contributed by atoms with Crippen molar-refractivity contribution in [2.45, 2.75) is 0 Å². The molecule has 0 aliphatic carbocycles. The molecule has 6 heteroatoms. The van der Waals surface area contributed by atoms with Crippen LogP contribution in [0.3, 0.4) is 0 Å². The van der Waals surface area contributed by atoms with Crippen LogP contribution in [-0.2, 0) is 0 Å². The Bertz CT molecular complexity index is 679. The van der Waals surface area contributed by atoms with Crippen LogP contribution in [0.1, 0.15) is 15.9 Å². The van der Waals surface area contributed by atoms with Crippen LogP contribution in [0.5, 0.6) is 5.75 Å². The lowest BCUT2D eigenvalue weighted by atomic mass is 10.2. The van der Waals surface area contributed by atoms with Crippen LogP contribution in [-0.4, -0.2) is 22.4 Å². The Kier molecular flexibility index (Phi) is 4.27. The third-order valence-electron chi connectivity index (χ3n) is 2.46. The van der Waals surface area contributed by atoms with Gasteiger partial charge in [-0.3, -0.25) is 4.99 Å². The van der Waals surface area contributed by atoms with E-state index in [0.29, 0.717) is 15.6 Å². The summed E-state index contributed by atoms with van der Waals surface area (Å²) in [6.07, 6.45) is 1.48. The van der Waals surface area contributed by atoms with E-state index in [-0.39, 0.29) is 17.0 Å². The fraction of sp³-hybridized carbons (Fsp3) is 0. The first-order chi connectivity index (χ1) is 9.45. The van der Waals surface area contributed by atoms with Crippen LogP contribution in [0.2, 0.25) is 10.0 Å². The second-order valence-corrected chi connectivity index (χ2v) is 4.84. The van der Waals surface area contributed by atoms with Gasteiger partial charge in [0.2, 0.25) is 0 Å². The molecule has 0 saturated heterocycles. The number of hydrogen-bond donors (Lipinski definition) is 2. The summed E-state index contributed by atoms with van der Waals surface area (Å²) in [6, 6.07) is 8.85. The largest absolute Gasteiger partial charge is 0.506 e. The highest BCUT2D eigenvalue weighted by Gasteiger charge is 2.06. The number of phenols is 1. The lowest BCUT2D eigenvalue weighted by Crippen LogP contribution is -1.94. The maximum absolute atomic E-state index is 10.7. The molecule has 0 aromatic heterocycles. The second kappa shape index (κ2) is 5.94. The molecule has 0 spiro atoms. The summed E-state index contributed by atoms with van der Waals surface area (Å²) in [5, 5.41) is 19.4. The Labute approximate surface area is 124 Å². The number of nitrogens with zero attached hydrogens (tertiary/aromatic N) is 1. The van der Waals surface area contributed by atoms with Crippen molar-refractivity contribution in [1.82, 2.24) is 0 Å². The van der Waals surface area contributed by atoms with Gasteiger partial charge in [0.25, 0.3) is 0 Å². The van der Waals surface area contributed by atoms with E-state index in [1.165, 1.54) is 18.3 Å². The zero-order valence-corrected chi connectivity index (χ0v) is 11.6. The Balaban J connectivity index is 2.29. The molecule has 102 valence electrons. The molecule has 0 fully saturated rings. The fourth-order valence-electron chi connectivity index (χ4n) is 1.56. The second-order valence-electron chi connectivity index (χ2n) is 3.97. The summed E-state index contributed by atoms with van der Waals surface area (Å²) < 4.78 is 0. The average molecular weight is 310 g/mol. The number of aromatic hydroxyl groups is 1. The van der Waals surface area contributed by atoms with Gasteiger partial charge in [0.1, 0.15) is 11.4 Å². The number of hydrogen-bond acceptors (Lipinski definition) is 3. The van der Waals surface area contributed by atoms with Crippen molar-refractivity contribution in [3.63, 3.8) is 0 Å². The molecule has 0 amide bonds. The minimum absolute atomic E-state index is 0.00718. The van der Waals surface area contributed by atoms with Crippen LogP contribution < -0.4 is 0 Å². The van der Waals surface area contributed by atoms with Gasteiger partial charge in [0, 0.05) is 16.3 Å². The van der Waals surface area contributed by atoms with Gasteiger partial charge in [0.15, 0.2) is 0 Å². The van der Waals surface area contributed by atoms with E-state index in [4.69, 9.17) is 28.3 Å². The summed E-state index contributed by atoms with van der Waals surface area (Å²) in [7, 11) is 0. The topological polar surface area (TPSA) is 69.9 Å². The third kappa shape index (κ3) is 3.50. The molecule has 2 rings (SSSR count). The zero-order chi connectivity index (χ0) is 14.7. The smallest absolute Gasteiger partial charge is 0.335 e. The van der Waals surface area contributed by atoms with Crippen LogP contribution in [0.25, 0.3) is 0 Å². The van der Waals surface area contributed by atoms with E-state index >= 15 is 0 Å². The normalized spacial score (nSPS) is 10.9. The Morgan fingerprint density at radius 3 is 2.30 bits per heavy atom. The highest BCUT2D eigenvalue weighted by molar-refractivity contribution is 6.35. The summed E-state index contributed by atoms with van der Waals surface area (Å²) in [5.41, 5.74) is 0.919. The maximum Gasteiger partial charge on any atom is 0.335 e. The van der Waals surface area contributed by atoms with E-state index < -0.39 is 5.97 Å². The van der Waals surface area contributed by atoms with Gasteiger partial charge in [-0.15, -0.1) is 0 Å². The standard InChI is InChI=1S/C14H9Cl2NO3/c15-10-3-8(4-11(16)6-10)7-17-12-2-1-9(14(19)20)5-13(12)18/h1-7,18H,(H,19,20). The highest BCUT2D eigenvalue weighted by atomic mass is 35.5. The van der Waals surface area contributed by atoms with E-state index in [1.807, 2.05) is 0 Å². The van der Waals surface area contributed by atoms with Gasteiger partial charge < -0.3 is 10.2 Å². The average Bonchev–Trinajstić information content (AvgIpc) is 2.36. The Morgan fingerprint density at radius 2 is 1.75 bits per heavy atom. The SMILES string of the molecule is O=C(O)c1ccc(N=Cc2cc(Cl)cc(Cl)c2)c(O)c1. The summed E-state index contributed by atoms with van der Waals surface area (Å²) in [5.74, 6) is -1.33. The molecular formula is C14H9Cl2NO3. The quantitative estimate of drug-likeness (QED) is 0.837. The zero-order valence-electron chi connectivity index (χ0n) is 10.0. The van der Waals surface area contributed by atoms with Crippen LogP contribution in [0.15, 0.2) is 41.4 Å². The molecule has 0 heterocycles. The minimum atomic E-state index is -1.11. The van der Waals surface area contributed by atoms with Crippen LogP contribution >= 0.6 is 23.2 Å². The molecule has 2 aromatic carbocycles. The molecule has 2 aromatic rings. The van der Waals surface area contributed by atoms with Gasteiger partial charge >= 0.3 is 5.97 Å². The number of aromatic carboxylic acids is 1. The van der Waals surface area contributed by atoms with Gasteiger partial charge in [-0.05, 0) is 42.0 Å². The Hall–Kier alpha value is -2.04. The predicted octanol–water partition coefficient (Wildman–Crippen LogP) is 4.15. The molecule has 20 heavy (non-hydrogen) atoms. The third-order valence-corrected chi connectivity index (χ3v) is 2.90. The summed E-state index contributed by atoms with van der Waals surface area (Å²) in [4.78, 5) is 14.8. The molecule has 0 unspecified atom stereocenters. The number of carboxylic acids is 1. The number of benzene rings is 2. The Morgan fingerprint density at radius 1 is 1.10 bits per heavy atom. The number of aliphatic imine (C=N–C) groups is 1. The van der Waals surface area contributed by atoms with Crippen molar-refractivity contribution in [3.05, 3.63) is 57.6 Å². The number of phenolic OH excluding ortho intramolecular Hbond substituents is 1. The molecule has 0 radical (unpaired) electrons. The lowest BCUT2D eigenvalue weighted by Gasteiger charge is -2.01. The van der Waals surface area contributed by atoms with Crippen molar-refractivity contribution in [3.8, 4) is 5.75 Å².